The van der Waals surface area contributed by atoms with Gasteiger partial charge >= 0.3 is 5.97 Å². The van der Waals surface area contributed by atoms with Gasteiger partial charge in [-0.25, -0.2) is 8.78 Å². The minimum absolute atomic E-state index is 0.119. The smallest absolute Gasteiger partial charge is 0.317 e. The van der Waals surface area contributed by atoms with Crippen molar-refractivity contribution in [2.45, 2.75) is 0 Å². The maximum atomic E-state index is 12.9. The highest BCUT2D eigenvalue weighted by molar-refractivity contribution is 5.92. The van der Waals surface area contributed by atoms with Crippen LogP contribution in [0.1, 0.15) is 0 Å². The highest BCUT2D eigenvalue weighted by Crippen LogP contribution is 2.12. The fourth-order valence-corrected chi connectivity index (χ4v) is 1.61. The summed E-state index contributed by atoms with van der Waals surface area (Å²) in [5.41, 5.74) is 4.81. The summed E-state index contributed by atoms with van der Waals surface area (Å²) in [6.45, 7) is -1.47. The van der Waals surface area contributed by atoms with Gasteiger partial charge in [0.05, 0.1) is 19.6 Å². The molecule has 0 saturated carbocycles. The molecule has 0 unspecified atom stereocenters. The molecule has 1 rings (SSSR count). The molecule has 114 valence electrons. The number of anilines is 1. The lowest BCUT2D eigenvalue weighted by atomic mass is 10.3. The molecular weight excluding hydrogens is 288 g/mol. The largest absolute Gasteiger partial charge is 0.480 e. The third-order valence-electron chi connectivity index (χ3n) is 2.25. The van der Waals surface area contributed by atoms with E-state index in [1.165, 1.54) is 0 Å². The van der Waals surface area contributed by atoms with Crippen molar-refractivity contribution in [3.8, 4) is 0 Å². The summed E-state index contributed by atoms with van der Waals surface area (Å²) in [7, 11) is 0. The minimum Gasteiger partial charge on any atom is -0.480 e. The number of hydrogen-bond acceptors (Lipinski definition) is 4. The number of aliphatic carboxylic acids is 1. The Bertz CT molecular complexity index is 529. The molecular formula is C12H13F2N3O4. The number of nitrogens with one attached hydrogen (secondary N) is 1. The van der Waals surface area contributed by atoms with Crippen LogP contribution in [0.2, 0.25) is 0 Å². The normalized spacial score (nSPS) is 10.4. The van der Waals surface area contributed by atoms with Gasteiger partial charge in [0, 0.05) is 11.8 Å². The number of carbonyl (C=O) groups is 3. The van der Waals surface area contributed by atoms with Crippen LogP contribution in [0.25, 0.3) is 0 Å². The van der Waals surface area contributed by atoms with Crippen LogP contribution in [0.15, 0.2) is 18.2 Å². The second-order valence-corrected chi connectivity index (χ2v) is 4.21. The zero-order valence-electron chi connectivity index (χ0n) is 10.8. The predicted molar refractivity (Wildman–Crippen MR) is 68.3 cm³/mol. The SMILES string of the molecule is NC(=O)CN(CC(=O)O)CC(=O)Nc1cc(F)cc(F)c1. The molecule has 0 bridgehead atoms. The van der Waals surface area contributed by atoms with E-state index in [0.717, 1.165) is 17.0 Å². The minimum atomic E-state index is -1.25. The van der Waals surface area contributed by atoms with Crippen LogP contribution >= 0.6 is 0 Å². The van der Waals surface area contributed by atoms with E-state index in [1.807, 2.05) is 0 Å². The molecule has 1 aromatic carbocycles. The van der Waals surface area contributed by atoms with E-state index < -0.39 is 49.1 Å². The maximum Gasteiger partial charge on any atom is 0.317 e. The lowest BCUT2D eigenvalue weighted by Crippen LogP contribution is -2.41. The number of carboxylic acids is 1. The van der Waals surface area contributed by atoms with Crippen LogP contribution in [-0.2, 0) is 14.4 Å². The molecule has 0 radical (unpaired) electrons. The van der Waals surface area contributed by atoms with Crippen molar-refractivity contribution in [3.63, 3.8) is 0 Å². The summed E-state index contributed by atoms with van der Waals surface area (Å²) in [6, 6.07) is 2.44. The van der Waals surface area contributed by atoms with Crippen LogP contribution < -0.4 is 11.1 Å². The number of carbonyl (C=O) groups excluding carboxylic acids is 2. The first-order valence-electron chi connectivity index (χ1n) is 5.74. The van der Waals surface area contributed by atoms with Crippen LogP contribution in [-0.4, -0.2) is 47.4 Å². The third-order valence-corrected chi connectivity index (χ3v) is 2.25. The van der Waals surface area contributed by atoms with Gasteiger partial charge in [-0.1, -0.05) is 0 Å². The molecule has 0 fully saturated rings. The average molecular weight is 301 g/mol. The topological polar surface area (TPSA) is 113 Å². The fraction of sp³-hybridized carbons (Fsp3) is 0.250. The Kier molecular flexibility index (Phi) is 5.73. The molecule has 0 saturated heterocycles. The quantitative estimate of drug-likeness (QED) is 0.644. The Hall–Kier alpha value is -2.55. The monoisotopic (exact) mass is 301 g/mol. The van der Waals surface area contributed by atoms with Crippen LogP contribution in [0.3, 0.4) is 0 Å². The zero-order chi connectivity index (χ0) is 16.0. The maximum absolute atomic E-state index is 12.9. The molecule has 0 aliphatic heterocycles. The van der Waals surface area contributed by atoms with E-state index in [4.69, 9.17) is 10.8 Å². The van der Waals surface area contributed by atoms with E-state index in [-0.39, 0.29) is 5.69 Å². The Morgan fingerprint density at radius 1 is 1.10 bits per heavy atom. The summed E-state index contributed by atoms with van der Waals surface area (Å²) >= 11 is 0. The standard InChI is InChI=1S/C12H13F2N3O4/c13-7-1-8(14)3-9(2-7)16-11(19)5-17(4-10(15)18)6-12(20)21/h1-3H,4-6H2,(H2,15,18)(H,16,19)(H,20,21). The van der Waals surface area contributed by atoms with Gasteiger partial charge in [0.2, 0.25) is 11.8 Å². The number of nitrogens with two attached hydrogens (primary N) is 1. The van der Waals surface area contributed by atoms with Gasteiger partial charge in [-0.05, 0) is 12.1 Å². The Morgan fingerprint density at radius 3 is 2.14 bits per heavy atom. The van der Waals surface area contributed by atoms with E-state index in [0.29, 0.717) is 6.07 Å². The first-order valence-corrected chi connectivity index (χ1v) is 5.74. The van der Waals surface area contributed by atoms with Gasteiger partial charge in [0.25, 0.3) is 0 Å². The van der Waals surface area contributed by atoms with Gasteiger partial charge in [-0.3, -0.25) is 19.3 Å². The van der Waals surface area contributed by atoms with Crippen LogP contribution in [0.4, 0.5) is 14.5 Å². The first kappa shape index (κ1) is 16.5. The molecule has 7 nitrogen and oxygen atoms in total. The van der Waals surface area contributed by atoms with Gasteiger partial charge in [-0.2, -0.15) is 0 Å². The number of rotatable bonds is 7. The lowest BCUT2D eigenvalue weighted by molar-refractivity contribution is -0.138. The van der Waals surface area contributed by atoms with Gasteiger partial charge in [0.15, 0.2) is 0 Å². The Labute approximate surface area is 118 Å². The van der Waals surface area contributed by atoms with Crippen LogP contribution in [0, 0.1) is 11.6 Å². The lowest BCUT2D eigenvalue weighted by Gasteiger charge is -2.17. The first-order chi connectivity index (χ1) is 9.76. The molecule has 0 atom stereocenters. The van der Waals surface area contributed by atoms with Crippen molar-refractivity contribution in [2.75, 3.05) is 25.0 Å². The Balaban J connectivity index is 2.68. The van der Waals surface area contributed by atoms with Crippen molar-refractivity contribution >= 4 is 23.5 Å². The zero-order valence-corrected chi connectivity index (χ0v) is 10.8. The summed E-state index contributed by atoms with van der Waals surface area (Å²) in [4.78, 5) is 34.0. The highest BCUT2D eigenvalue weighted by atomic mass is 19.1. The van der Waals surface area contributed by atoms with E-state index in [9.17, 15) is 23.2 Å². The number of benzene rings is 1. The molecule has 21 heavy (non-hydrogen) atoms. The molecule has 0 heterocycles. The summed E-state index contributed by atoms with van der Waals surface area (Å²) in [5.74, 6) is -4.53. The van der Waals surface area contributed by atoms with Gasteiger partial charge < -0.3 is 16.2 Å². The van der Waals surface area contributed by atoms with Crippen LogP contribution in [0.5, 0.6) is 0 Å². The molecule has 0 aromatic heterocycles. The molecule has 1 aromatic rings. The number of hydrogen-bond donors (Lipinski definition) is 3. The third kappa shape index (κ3) is 6.43. The number of halogens is 2. The van der Waals surface area contributed by atoms with E-state index in [2.05, 4.69) is 5.32 Å². The van der Waals surface area contributed by atoms with Gasteiger partial charge in [-0.15, -0.1) is 0 Å². The number of carboxylic acid groups (broad SMARTS) is 1. The van der Waals surface area contributed by atoms with E-state index >= 15 is 0 Å². The van der Waals surface area contributed by atoms with E-state index in [1.54, 1.807) is 0 Å². The number of primary amides is 1. The van der Waals surface area contributed by atoms with Crippen molar-refractivity contribution in [3.05, 3.63) is 29.8 Å². The molecule has 0 aliphatic carbocycles. The summed E-state index contributed by atoms with van der Waals surface area (Å²) in [5, 5.41) is 10.8. The second kappa shape index (κ2) is 7.29. The molecule has 9 heteroatoms. The van der Waals surface area contributed by atoms with Crippen molar-refractivity contribution in [1.82, 2.24) is 4.90 Å². The molecule has 4 N–H and O–H groups in total. The van der Waals surface area contributed by atoms with Crippen molar-refractivity contribution in [1.29, 1.82) is 0 Å². The number of amides is 2. The second-order valence-electron chi connectivity index (χ2n) is 4.21. The summed E-state index contributed by atoms with van der Waals surface area (Å²) in [6.07, 6.45) is 0. The van der Waals surface area contributed by atoms with Crippen molar-refractivity contribution < 1.29 is 28.3 Å². The highest BCUT2D eigenvalue weighted by Gasteiger charge is 2.16. The van der Waals surface area contributed by atoms with Crippen molar-refractivity contribution in [2.24, 2.45) is 5.73 Å². The molecule has 2 amide bonds. The summed E-state index contributed by atoms with van der Waals surface area (Å²) < 4.78 is 25.9. The fourth-order valence-electron chi connectivity index (χ4n) is 1.61. The Morgan fingerprint density at radius 2 is 1.67 bits per heavy atom. The van der Waals surface area contributed by atoms with Gasteiger partial charge in [0.1, 0.15) is 11.6 Å². The predicted octanol–water partition coefficient (Wildman–Crippen LogP) is -0.225. The average Bonchev–Trinajstić information content (AvgIpc) is 2.24. The molecule has 0 spiro atoms. The number of nitrogens with zero attached hydrogens (tertiary/aromatic N) is 1. The molecule has 0 aliphatic rings.